The third-order valence-electron chi connectivity index (χ3n) is 6.31. The van der Waals surface area contributed by atoms with Crippen LogP contribution >= 0.6 is 11.6 Å². The van der Waals surface area contributed by atoms with E-state index >= 15 is 0 Å². The van der Waals surface area contributed by atoms with Crippen LogP contribution in [0.3, 0.4) is 0 Å². The van der Waals surface area contributed by atoms with Crippen LogP contribution in [0.4, 0.5) is 9.59 Å². The van der Waals surface area contributed by atoms with Crippen LogP contribution < -0.4 is 10.6 Å². The largest absolute Gasteiger partial charge is 0.449 e. The minimum atomic E-state index is -0.873. The molecule has 0 spiro atoms. The van der Waals surface area contributed by atoms with Crippen molar-refractivity contribution in [3.05, 3.63) is 95.6 Å². The third kappa shape index (κ3) is 7.11. The summed E-state index contributed by atoms with van der Waals surface area (Å²) in [6, 6.07) is 24.7. The highest BCUT2D eigenvalue weighted by molar-refractivity contribution is 6.64. The number of carbonyl (C=O) groups excluding carboxylic acids is 3. The van der Waals surface area contributed by atoms with Crippen molar-refractivity contribution in [2.45, 2.75) is 37.8 Å². The van der Waals surface area contributed by atoms with Gasteiger partial charge in [-0.2, -0.15) is 0 Å². The number of unbranched alkanes of at least 4 members (excludes halogenated alkanes) is 1. The van der Waals surface area contributed by atoms with E-state index in [9.17, 15) is 14.4 Å². The van der Waals surface area contributed by atoms with E-state index in [2.05, 4.69) is 22.8 Å². The molecule has 0 aliphatic heterocycles. The van der Waals surface area contributed by atoms with Crippen molar-refractivity contribution in [2.24, 2.45) is 0 Å². The number of carbonyl (C=O) groups is 3. The van der Waals surface area contributed by atoms with E-state index in [0.29, 0.717) is 25.8 Å². The van der Waals surface area contributed by atoms with Gasteiger partial charge in [-0.3, -0.25) is 4.79 Å². The van der Waals surface area contributed by atoms with Crippen molar-refractivity contribution in [2.75, 3.05) is 13.2 Å². The Bertz CT molecular complexity index is 1190. The summed E-state index contributed by atoms with van der Waals surface area (Å²) in [4.78, 5) is 36.2. The molecule has 8 heteroatoms. The molecular weight excluding hydrogens is 492 g/mol. The van der Waals surface area contributed by atoms with Gasteiger partial charge in [0.05, 0.1) is 0 Å². The van der Waals surface area contributed by atoms with Crippen LogP contribution in [-0.2, 0) is 20.9 Å². The van der Waals surface area contributed by atoms with E-state index in [0.717, 1.165) is 27.8 Å². The van der Waals surface area contributed by atoms with Crippen LogP contribution in [0.5, 0.6) is 0 Å². The van der Waals surface area contributed by atoms with Gasteiger partial charge in [-0.1, -0.05) is 78.9 Å². The maximum Gasteiger partial charge on any atom is 0.407 e. The van der Waals surface area contributed by atoms with Gasteiger partial charge >= 0.3 is 12.2 Å². The number of nitrogens with one attached hydrogen (secondary N) is 2. The Kier molecular flexibility index (Phi) is 9.16. The quantitative estimate of drug-likeness (QED) is 0.248. The van der Waals surface area contributed by atoms with Gasteiger partial charge in [0.15, 0.2) is 0 Å². The molecule has 3 aromatic carbocycles. The Morgan fingerprint density at radius 3 is 2.05 bits per heavy atom. The molecule has 4 rings (SSSR count). The first-order chi connectivity index (χ1) is 18.0. The van der Waals surface area contributed by atoms with E-state index in [4.69, 9.17) is 21.1 Å². The maximum absolute atomic E-state index is 12.5. The summed E-state index contributed by atoms with van der Waals surface area (Å²) in [5.74, 6) is -0.0731. The molecule has 0 bridgehead atoms. The molecule has 1 aliphatic rings. The second-order valence-electron chi connectivity index (χ2n) is 8.81. The lowest BCUT2D eigenvalue weighted by molar-refractivity contribution is -0.113. The fourth-order valence-electron chi connectivity index (χ4n) is 4.46. The zero-order chi connectivity index (χ0) is 26.0. The molecule has 37 heavy (non-hydrogen) atoms. The molecule has 7 nitrogen and oxygen atoms in total. The topological polar surface area (TPSA) is 93.7 Å². The number of hydrogen-bond acceptors (Lipinski definition) is 5. The van der Waals surface area contributed by atoms with Crippen LogP contribution in [0.15, 0.2) is 78.9 Å². The van der Waals surface area contributed by atoms with Gasteiger partial charge in [-0.15, -0.1) is 0 Å². The fraction of sp³-hybridized carbons (Fsp3) is 0.276. The van der Waals surface area contributed by atoms with E-state index in [1.807, 2.05) is 66.7 Å². The van der Waals surface area contributed by atoms with Crippen molar-refractivity contribution in [1.29, 1.82) is 0 Å². The SMILES string of the molecule is O=C(NCCCCC(NC(=O)OCC1c2ccccc2-c2ccccc21)C(=O)Cl)OCc1ccccc1. The highest BCUT2D eigenvalue weighted by Gasteiger charge is 2.29. The summed E-state index contributed by atoms with van der Waals surface area (Å²) in [7, 11) is 0. The summed E-state index contributed by atoms with van der Waals surface area (Å²) in [5, 5.41) is 4.58. The number of alkyl carbamates (subject to hydrolysis) is 2. The Morgan fingerprint density at radius 2 is 1.41 bits per heavy atom. The Balaban J connectivity index is 1.18. The number of hydrogen-bond donors (Lipinski definition) is 2. The van der Waals surface area contributed by atoms with E-state index in [1.54, 1.807) is 0 Å². The standard InChI is InChI=1S/C29H29ClN2O5/c30-27(33)26(16-8-9-17-31-28(34)36-18-20-10-2-1-3-11-20)32-29(35)37-19-25-23-14-6-4-12-21(23)22-13-5-7-15-24(22)25/h1-7,10-15,25-26H,8-9,16-19H2,(H,31,34)(H,32,35). The molecule has 0 saturated carbocycles. The van der Waals surface area contributed by atoms with Gasteiger partial charge in [0, 0.05) is 12.5 Å². The predicted molar refractivity (Wildman–Crippen MR) is 141 cm³/mol. The minimum absolute atomic E-state index is 0.0731. The van der Waals surface area contributed by atoms with Crippen LogP contribution in [0.25, 0.3) is 11.1 Å². The van der Waals surface area contributed by atoms with Gasteiger partial charge in [-0.25, -0.2) is 9.59 Å². The van der Waals surface area contributed by atoms with Crippen LogP contribution in [0, 0.1) is 0 Å². The van der Waals surface area contributed by atoms with Gasteiger partial charge < -0.3 is 20.1 Å². The maximum atomic E-state index is 12.5. The Labute approximate surface area is 221 Å². The summed E-state index contributed by atoms with van der Waals surface area (Å²) < 4.78 is 10.7. The van der Waals surface area contributed by atoms with E-state index in [1.165, 1.54) is 0 Å². The molecule has 0 heterocycles. The molecular formula is C29H29ClN2O5. The van der Waals surface area contributed by atoms with Crippen LogP contribution in [0.2, 0.25) is 0 Å². The molecule has 0 saturated heterocycles. The van der Waals surface area contributed by atoms with Crippen molar-refractivity contribution >= 4 is 29.0 Å². The zero-order valence-corrected chi connectivity index (χ0v) is 21.1. The zero-order valence-electron chi connectivity index (χ0n) is 20.3. The molecule has 0 aromatic heterocycles. The predicted octanol–water partition coefficient (Wildman–Crippen LogP) is 5.76. The number of benzene rings is 3. The van der Waals surface area contributed by atoms with Crippen LogP contribution in [-0.4, -0.2) is 36.6 Å². The normalized spacial score (nSPS) is 12.7. The van der Waals surface area contributed by atoms with Crippen LogP contribution in [0.1, 0.15) is 41.9 Å². The first-order valence-electron chi connectivity index (χ1n) is 12.3. The van der Waals surface area contributed by atoms with E-state index in [-0.39, 0.29) is 19.1 Å². The number of rotatable bonds is 11. The second-order valence-corrected chi connectivity index (χ2v) is 9.18. The van der Waals surface area contributed by atoms with E-state index < -0.39 is 23.5 Å². The fourth-order valence-corrected chi connectivity index (χ4v) is 4.63. The number of fused-ring (bicyclic) bond motifs is 3. The Morgan fingerprint density at radius 1 is 0.784 bits per heavy atom. The number of ether oxygens (including phenoxy) is 2. The van der Waals surface area contributed by atoms with Crippen molar-refractivity contribution in [3.63, 3.8) is 0 Å². The first kappa shape index (κ1) is 26.2. The molecule has 2 amide bonds. The van der Waals surface area contributed by atoms with Crippen molar-refractivity contribution < 1.29 is 23.9 Å². The summed E-state index contributed by atoms with van der Waals surface area (Å²) >= 11 is 5.71. The van der Waals surface area contributed by atoms with Gasteiger partial charge in [-0.05, 0) is 58.7 Å². The highest BCUT2D eigenvalue weighted by atomic mass is 35.5. The molecule has 1 aliphatic carbocycles. The number of halogens is 1. The second kappa shape index (κ2) is 12.9. The molecule has 0 radical (unpaired) electrons. The molecule has 0 fully saturated rings. The molecule has 1 atom stereocenters. The molecule has 1 unspecified atom stereocenters. The Hall–Kier alpha value is -3.84. The average Bonchev–Trinajstić information content (AvgIpc) is 3.24. The molecule has 192 valence electrons. The van der Waals surface area contributed by atoms with Crippen molar-refractivity contribution in [1.82, 2.24) is 10.6 Å². The monoisotopic (exact) mass is 520 g/mol. The van der Waals surface area contributed by atoms with Gasteiger partial charge in [0.1, 0.15) is 19.3 Å². The summed E-state index contributed by atoms with van der Waals surface area (Å²) in [6.45, 7) is 0.722. The number of amides is 2. The average molecular weight is 521 g/mol. The first-order valence-corrected chi connectivity index (χ1v) is 12.7. The third-order valence-corrected chi connectivity index (χ3v) is 6.57. The summed E-state index contributed by atoms with van der Waals surface area (Å²) in [6.07, 6.45) is 0.279. The smallest absolute Gasteiger partial charge is 0.407 e. The molecule has 2 N–H and O–H groups in total. The highest BCUT2D eigenvalue weighted by Crippen LogP contribution is 2.44. The van der Waals surface area contributed by atoms with Crippen molar-refractivity contribution in [3.8, 4) is 11.1 Å². The molecule has 3 aromatic rings. The lowest BCUT2D eigenvalue weighted by Crippen LogP contribution is -2.39. The lowest BCUT2D eigenvalue weighted by Gasteiger charge is -2.17. The van der Waals surface area contributed by atoms with Gasteiger partial charge in [0.2, 0.25) is 5.24 Å². The lowest BCUT2D eigenvalue weighted by atomic mass is 9.98. The van der Waals surface area contributed by atoms with Gasteiger partial charge in [0.25, 0.3) is 0 Å². The minimum Gasteiger partial charge on any atom is -0.449 e. The summed E-state index contributed by atoms with van der Waals surface area (Å²) in [5.41, 5.74) is 5.39.